The first-order valence-electron chi connectivity index (χ1n) is 9.47. The van der Waals surface area contributed by atoms with Crippen LogP contribution in [0.4, 0.5) is 0 Å². The second kappa shape index (κ2) is 10.7. The van der Waals surface area contributed by atoms with Gasteiger partial charge in [0.1, 0.15) is 6.04 Å². The van der Waals surface area contributed by atoms with E-state index >= 15 is 0 Å². The van der Waals surface area contributed by atoms with E-state index in [0.717, 1.165) is 57.8 Å². The average Bonchev–Trinajstić information content (AvgIpc) is 3.27. The van der Waals surface area contributed by atoms with Crippen molar-refractivity contribution in [3.8, 4) is 0 Å². The van der Waals surface area contributed by atoms with Crippen LogP contribution < -0.4 is 5.32 Å². The number of carbonyl (C=O) groups is 3. The predicted molar refractivity (Wildman–Crippen MR) is 98.3 cm³/mol. The third-order valence-corrected chi connectivity index (χ3v) is 6.05. The highest BCUT2D eigenvalue weighted by atomic mass is 32.2. The Hall–Kier alpha value is -1.24. The molecule has 2 amide bonds. The van der Waals surface area contributed by atoms with Gasteiger partial charge in [-0.15, -0.1) is 11.8 Å². The number of rotatable bonds is 10. The van der Waals surface area contributed by atoms with Gasteiger partial charge in [0, 0.05) is 24.6 Å². The summed E-state index contributed by atoms with van der Waals surface area (Å²) in [7, 11) is 0. The van der Waals surface area contributed by atoms with Crippen LogP contribution in [-0.4, -0.2) is 52.0 Å². The van der Waals surface area contributed by atoms with Crippen LogP contribution in [-0.2, 0) is 14.4 Å². The number of amides is 2. The molecule has 0 aromatic heterocycles. The molecule has 1 aliphatic carbocycles. The molecule has 25 heavy (non-hydrogen) atoms. The molecule has 1 heterocycles. The van der Waals surface area contributed by atoms with Gasteiger partial charge in [0.15, 0.2) is 0 Å². The van der Waals surface area contributed by atoms with Crippen molar-refractivity contribution in [2.45, 2.75) is 70.3 Å². The quantitative estimate of drug-likeness (QED) is 0.577. The summed E-state index contributed by atoms with van der Waals surface area (Å²) in [5.74, 6) is 0.859. The fraction of sp³-hybridized carbons (Fsp3) is 0.833. The van der Waals surface area contributed by atoms with E-state index in [2.05, 4.69) is 5.32 Å². The molecule has 1 saturated heterocycles. The third-order valence-electron chi connectivity index (χ3n) is 5.04. The Bertz CT molecular complexity index is 466. The summed E-state index contributed by atoms with van der Waals surface area (Å²) in [5, 5.41) is 11.5. The first-order valence-corrected chi connectivity index (χ1v) is 10.6. The van der Waals surface area contributed by atoms with E-state index in [9.17, 15) is 14.4 Å². The minimum absolute atomic E-state index is 0.0257. The van der Waals surface area contributed by atoms with Gasteiger partial charge in [-0.1, -0.05) is 32.1 Å². The normalized spacial score (nSPS) is 20.8. The van der Waals surface area contributed by atoms with Crippen LogP contribution in [0.3, 0.4) is 0 Å². The van der Waals surface area contributed by atoms with Gasteiger partial charge < -0.3 is 15.3 Å². The number of thioether (sulfide) groups is 1. The number of hydrogen-bond acceptors (Lipinski definition) is 4. The molecule has 0 aromatic carbocycles. The molecule has 2 aliphatic rings. The summed E-state index contributed by atoms with van der Waals surface area (Å²) in [4.78, 5) is 37.2. The van der Waals surface area contributed by atoms with Crippen molar-refractivity contribution in [3.63, 3.8) is 0 Å². The highest BCUT2D eigenvalue weighted by Gasteiger charge is 2.38. The molecule has 1 aliphatic heterocycles. The first-order chi connectivity index (χ1) is 12.1. The van der Waals surface area contributed by atoms with Gasteiger partial charge in [-0.3, -0.25) is 14.4 Å². The van der Waals surface area contributed by atoms with E-state index in [4.69, 9.17) is 5.11 Å². The molecule has 1 saturated carbocycles. The van der Waals surface area contributed by atoms with Crippen molar-refractivity contribution in [1.29, 1.82) is 0 Å². The lowest BCUT2D eigenvalue weighted by atomic mass is 10.1. The van der Waals surface area contributed by atoms with Gasteiger partial charge in [0.2, 0.25) is 11.8 Å². The molecular weight excluding hydrogens is 340 g/mol. The van der Waals surface area contributed by atoms with Crippen LogP contribution in [0.5, 0.6) is 0 Å². The molecule has 0 bridgehead atoms. The zero-order valence-corrected chi connectivity index (χ0v) is 15.7. The van der Waals surface area contributed by atoms with Crippen LogP contribution in [0.15, 0.2) is 0 Å². The van der Waals surface area contributed by atoms with Crippen LogP contribution in [0.2, 0.25) is 0 Å². The zero-order chi connectivity index (χ0) is 18.1. The Morgan fingerprint density at radius 2 is 1.72 bits per heavy atom. The molecular formula is C18H30N2O4S. The van der Waals surface area contributed by atoms with Crippen molar-refractivity contribution in [3.05, 3.63) is 0 Å². The van der Waals surface area contributed by atoms with E-state index in [1.165, 1.54) is 0 Å². The van der Waals surface area contributed by atoms with Crippen molar-refractivity contribution in [1.82, 2.24) is 10.2 Å². The Balaban J connectivity index is 1.61. The minimum Gasteiger partial charge on any atom is -0.481 e. The molecule has 1 atom stereocenters. The van der Waals surface area contributed by atoms with Gasteiger partial charge in [0.25, 0.3) is 0 Å². The smallest absolute Gasteiger partial charge is 0.303 e. The molecule has 0 spiro atoms. The highest BCUT2D eigenvalue weighted by molar-refractivity contribution is 7.99. The summed E-state index contributed by atoms with van der Waals surface area (Å²) in [6, 6.07) is -0.311. The van der Waals surface area contributed by atoms with Crippen LogP contribution >= 0.6 is 11.8 Å². The van der Waals surface area contributed by atoms with Gasteiger partial charge in [-0.25, -0.2) is 0 Å². The van der Waals surface area contributed by atoms with Gasteiger partial charge in [-0.05, 0) is 25.7 Å². The molecule has 2 rings (SSSR count). The summed E-state index contributed by atoms with van der Waals surface area (Å²) in [6.45, 7) is 0.629. The molecule has 1 unspecified atom stereocenters. The molecule has 0 aromatic rings. The second-order valence-corrected chi connectivity index (χ2v) is 8.01. The van der Waals surface area contributed by atoms with Gasteiger partial charge in [0.05, 0.1) is 5.88 Å². The second-order valence-electron chi connectivity index (χ2n) is 7.01. The summed E-state index contributed by atoms with van der Waals surface area (Å²) < 4.78 is 0. The highest BCUT2D eigenvalue weighted by Crippen LogP contribution is 2.30. The monoisotopic (exact) mass is 370 g/mol. The van der Waals surface area contributed by atoms with E-state index in [-0.39, 0.29) is 30.2 Å². The lowest BCUT2D eigenvalue weighted by molar-refractivity contribution is -0.141. The number of nitrogens with zero attached hydrogens (tertiary/aromatic N) is 1. The Labute approximate surface area is 154 Å². The van der Waals surface area contributed by atoms with E-state index < -0.39 is 5.97 Å². The maximum absolute atomic E-state index is 12.6. The van der Waals surface area contributed by atoms with Gasteiger partial charge >= 0.3 is 5.97 Å². The number of carboxylic acid groups (broad SMARTS) is 1. The van der Waals surface area contributed by atoms with Gasteiger partial charge in [-0.2, -0.15) is 0 Å². The molecule has 6 nitrogen and oxygen atoms in total. The Morgan fingerprint density at radius 3 is 2.44 bits per heavy atom. The SMILES string of the molecule is O=C(O)CCCCCCCNC(=O)C1CSCN1C(=O)C1CCCC1. The minimum atomic E-state index is -0.738. The number of carbonyl (C=O) groups excluding carboxylic acids is 2. The number of carboxylic acids is 1. The summed E-state index contributed by atoms with van der Waals surface area (Å²) in [6.07, 6.45) is 8.95. The standard InChI is InChI=1S/C18H30N2O4S/c21-16(22)10-4-2-1-3-7-11-19-17(23)15-12-25-13-20(15)18(24)14-8-5-6-9-14/h14-15H,1-13H2,(H,19,23)(H,21,22). The third kappa shape index (κ3) is 6.53. The largest absolute Gasteiger partial charge is 0.481 e. The topological polar surface area (TPSA) is 86.7 Å². The maximum Gasteiger partial charge on any atom is 0.303 e. The fourth-order valence-electron chi connectivity index (χ4n) is 3.55. The first kappa shape index (κ1) is 20.1. The number of nitrogens with one attached hydrogen (secondary N) is 1. The summed E-state index contributed by atoms with van der Waals surface area (Å²) >= 11 is 1.66. The molecule has 2 fully saturated rings. The van der Waals surface area contributed by atoms with E-state index in [1.807, 2.05) is 0 Å². The van der Waals surface area contributed by atoms with Crippen molar-refractivity contribution in [2.24, 2.45) is 5.92 Å². The predicted octanol–water partition coefficient (Wildman–Crippen LogP) is 2.62. The number of unbranched alkanes of at least 4 members (excludes halogenated alkanes) is 4. The molecule has 7 heteroatoms. The van der Waals surface area contributed by atoms with Crippen LogP contribution in [0.25, 0.3) is 0 Å². The lowest BCUT2D eigenvalue weighted by Gasteiger charge is -2.25. The van der Waals surface area contributed by atoms with E-state index in [0.29, 0.717) is 18.2 Å². The Morgan fingerprint density at radius 1 is 1.04 bits per heavy atom. The molecule has 2 N–H and O–H groups in total. The maximum atomic E-state index is 12.6. The van der Waals surface area contributed by atoms with Crippen molar-refractivity contribution >= 4 is 29.5 Å². The van der Waals surface area contributed by atoms with Crippen LogP contribution in [0, 0.1) is 5.92 Å². The lowest BCUT2D eigenvalue weighted by Crippen LogP contribution is -2.48. The molecule has 142 valence electrons. The average molecular weight is 371 g/mol. The number of hydrogen-bond donors (Lipinski definition) is 2. The Kier molecular flexibility index (Phi) is 8.58. The van der Waals surface area contributed by atoms with Crippen LogP contribution in [0.1, 0.15) is 64.2 Å². The summed E-state index contributed by atoms with van der Waals surface area (Å²) in [5.41, 5.74) is 0. The zero-order valence-electron chi connectivity index (χ0n) is 14.9. The number of aliphatic carboxylic acids is 1. The fourth-order valence-corrected chi connectivity index (χ4v) is 4.71. The van der Waals surface area contributed by atoms with E-state index in [1.54, 1.807) is 16.7 Å². The van der Waals surface area contributed by atoms with Crippen molar-refractivity contribution < 1.29 is 19.5 Å². The van der Waals surface area contributed by atoms with Crippen molar-refractivity contribution in [2.75, 3.05) is 18.2 Å². The molecule has 0 radical (unpaired) electrons.